The van der Waals surface area contributed by atoms with Gasteiger partial charge in [0.2, 0.25) is 0 Å². The molecule has 1 aromatic rings. The summed E-state index contributed by atoms with van der Waals surface area (Å²) in [6, 6.07) is 2.96. The van der Waals surface area contributed by atoms with Crippen LogP contribution < -0.4 is 11.1 Å². The van der Waals surface area contributed by atoms with Crippen molar-refractivity contribution in [3.05, 3.63) is 35.5 Å². The molecule has 0 fully saturated rings. The predicted molar refractivity (Wildman–Crippen MR) is 78.2 cm³/mol. The number of carbonyl (C=O) groups excluding carboxylic acids is 1. The first-order valence-corrected chi connectivity index (χ1v) is 6.21. The number of hydrogen-bond donors (Lipinski definition) is 3. The Morgan fingerprint density at radius 1 is 1.39 bits per heavy atom. The van der Waals surface area contributed by atoms with Gasteiger partial charge < -0.3 is 20.9 Å². The number of carbonyl (C=O) groups is 2. The van der Waals surface area contributed by atoms with Crippen molar-refractivity contribution < 1.29 is 32.6 Å². The van der Waals surface area contributed by atoms with E-state index in [0.29, 0.717) is 5.56 Å². The van der Waals surface area contributed by atoms with Crippen LogP contribution in [0.1, 0.15) is 18.1 Å². The molecule has 0 atom stereocenters. The highest BCUT2D eigenvalue weighted by Gasteiger charge is 2.30. The van der Waals surface area contributed by atoms with Gasteiger partial charge in [-0.25, -0.2) is 0 Å². The molecule has 0 spiro atoms. The second kappa shape index (κ2) is 9.34. The number of nitrogens with one attached hydrogen (secondary N) is 1. The largest absolute Gasteiger partial charge is 0.480 e. The van der Waals surface area contributed by atoms with E-state index in [1.54, 1.807) is 0 Å². The molecular formula is C14H17F3N2O4. The second-order valence-corrected chi connectivity index (χ2v) is 4.15. The van der Waals surface area contributed by atoms with Gasteiger partial charge in [0, 0.05) is 12.6 Å². The highest BCUT2D eigenvalue weighted by atomic mass is 19.4. The Morgan fingerprint density at radius 2 is 1.96 bits per heavy atom. The molecule has 0 aliphatic rings. The summed E-state index contributed by atoms with van der Waals surface area (Å²) in [5.74, 6) is -1.29. The van der Waals surface area contributed by atoms with E-state index in [-0.39, 0.29) is 18.2 Å². The molecule has 0 aliphatic heterocycles. The maximum absolute atomic E-state index is 12.3. The maximum atomic E-state index is 12.3. The summed E-state index contributed by atoms with van der Waals surface area (Å²) >= 11 is 0. The summed E-state index contributed by atoms with van der Waals surface area (Å²) < 4.78 is 41.1. The van der Waals surface area contributed by atoms with Crippen molar-refractivity contribution in [3.8, 4) is 0 Å². The number of carboxylic acids is 1. The molecule has 0 aromatic heterocycles. The summed E-state index contributed by atoms with van der Waals surface area (Å²) in [6.45, 7) is 1.08. The number of benzene rings is 1. The molecular weight excluding hydrogens is 317 g/mol. The van der Waals surface area contributed by atoms with Gasteiger partial charge in [0.25, 0.3) is 0 Å². The van der Waals surface area contributed by atoms with E-state index in [4.69, 9.17) is 10.8 Å². The number of nitrogen functional groups attached to an aromatic ring is 1. The molecule has 0 bridgehead atoms. The van der Waals surface area contributed by atoms with Crippen LogP contribution in [0.3, 0.4) is 0 Å². The predicted octanol–water partition coefficient (Wildman–Crippen LogP) is 2.11. The number of methoxy groups -OCH3 is 1. The van der Waals surface area contributed by atoms with Crippen LogP contribution in [-0.2, 0) is 20.5 Å². The fourth-order valence-electron chi connectivity index (χ4n) is 1.20. The molecule has 0 aliphatic carbocycles. The first-order chi connectivity index (χ1) is 10.6. The van der Waals surface area contributed by atoms with Crippen LogP contribution in [0.25, 0.3) is 6.08 Å². The highest BCUT2D eigenvalue weighted by Crippen LogP contribution is 2.31. The minimum Gasteiger partial charge on any atom is -0.480 e. The second-order valence-electron chi connectivity index (χ2n) is 4.15. The third kappa shape index (κ3) is 9.02. The van der Waals surface area contributed by atoms with Crippen molar-refractivity contribution in [2.24, 2.45) is 0 Å². The Balaban J connectivity index is 0.000000841. The number of halogens is 3. The molecule has 1 rings (SSSR count). The van der Waals surface area contributed by atoms with E-state index >= 15 is 0 Å². The Bertz CT molecular complexity index is 572. The molecule has 0 saturated heterocycles. The average molecular weight is 334 g/mol. The zero-order valence-corrected chi connectivity index (χ0v) is 12.5. The number of aliphatic carboxylic acids is 1. The standard InChI is InChI=1S/C11H11F3N2O2.C3H6O2/c12-11(13,14)8-2-1-7(9(15)5-8)3-4-16-6-10(17)18;1-3(4)5-2/h1-5,16H,6,15H2,(H,17,18);1-2H3. The summed E-state index contributed by atoms with van der Waals surface area (Å²) in [5.41, 5.74) is 4.99. The number of nitrogens with two attached hydrogens (primary N) is 1. The number of carboxylic acid groups (broad SMARTS) is 1. The minimum atomic E-state index is -4.43. The third-order valence-electron chi connectivity index (χ3n) is 2.34. The molecule has 0 radical (unpaired) electrons. The van der Waals surface area contributed by atoms with Gasteiger partial charge in [-0.3, -0.25) is 9.59 Å². The monoisotopic (exact) mass is 334 g/mol. The molecule has 6 nitrogen and oxygen atoms in total. The first-order valence-electron chi connectivity index (χ1n) is 6.21. The van der Waals surface area contributed by atoms with Gasteiger partial charge in [0.05, 0.1) is 12.7 Å². The third-order valence-corrected chi connectivity index (χ3v) is 2.34. The van der Waals surface area contributed by atoms with Crippen molar-refractivity contribution in [2.75, 3.05) is 19.4 Å². The Kier molecular flexibility index (Phi) is 8.24. The summed E-state index contributed by atoms with van der Waals surface area (Å²) in [6.07, 6.45) is -1.72. The van der Waals surface area contributed by atoms with E-state index in [1.165, 1.54) is 32.4 Å². The molecule has 0 amide bonds. The van der Waals surface area contributed by atoms with Crippen LogP contribution in [0.15, 0.2) is 24.4 Å². The van der Waals surface area contributed by atoms with Crippen molar-refractivity contribution in [1.29, 1.82) is 0 Å². The lowest BCUT2D eigenvalue weighted by atomic mass is 10.1. The lowest BCUT2D eigenvalue weighted by Gasteiger charge is -2.08. The number of ether oxygens (including phenoxy) is 1. The normalized spacial score (nSPS) is 10.7. The fourth-order valence-corrected chi connectivity index (χ4v) is 1.20. The lowest BCUT2D eigenvalue weighted by molar-refractivity contribution is -0.138. The molecule has 128 valence electrons. The Hall–Kier alpha value is -2.71. The molecule has 0 heterocycles. The van der Waals surface area contributed by atoms with Crippen molar-refractivity contribution in [3.63, 3.8) is 0 Å². The van der Waals surface area contributed by atoms with Crippen LogP contribution in [0.4, 0.5) is 18.9 Å². The van der Waals surface area contributed by atoms with E-state index in [0.717, 1.165) is 12.1 Å². The lowest BCUT2D eigenvalue weighted by Crippen LogP contribution is -2.16. The molecule has 0 unspecified atom stereocenters. The van der Waals surface area contributed by atoms with Crippen LogP contribution in [0.5, 0.6) is 0 Å². The van der Waals surface area contributed by atoms with Gasteiger partial charge >= 0.3 is 18.1 Å². The highest BCUT2D eigenvalue weighted by molar-refractivity contribution is 5.70. The topological polar surface area (TPSA) is 102 Å². The smallest absolute Gasteiger partial charge is 0.416 e. The maximum Gasteiger partial charge on any atom is 0.416 e. The van der Waals surface area contributed by atoms with Crippen LogP contribution in [-0.4, -0.2) is 30.7 Å². The van der Waals surface area contributed by atoms with E-state index in [9.17, 15) is 22.8 Å². The Morgan fingerprint density at radius 3 is 2.35 bits per heavy atom. The van der Waals surface area contributed by atoms with E-state index in [1.807, 2.05) is 0 Å². The molecule has 0 saturated carbocycles. The van der Waals surface area contributed by atoms with Crippen LogP contribution >= 0.6 is 0 Å². The zero-order chi connectivity index (χ0) is 18.0. The quantitative estimate of drug-likeness (QED) is 0.576. The molecule has 9 heteroatoms. The Labute approximate surface area is 130 Å². The van der Waals surface area contributed by atoms with E-state index < -0.39 is 17.7 Å². The number of esters is 1. The van der Waals surface area contributed by atoms with Crippen molar-refractivity contribution in [1.82, 2.24) is 5.32 Å². The zero-order valence-electron chi connectivity index (χ0n) is 12.5. The van der Waals surface area contributed by atoms with Gasteiger partial charge in [-0.1, -0.05) is 6.07 Å². The van der Waals surface area contributed by atoms with Crippen molar-refractivity contribution in [2.45, 2.75) is 13.1 Å². The van der Waals surface area contributed by atoms with Crippen LogP contribution in [0.2, 0.25) is 0 Å². The van der Waals surface area contributed by atoms with Crippen LogP contribution in [0, 0.1) is 0 Å². The molecule has 23 heavy (non-hydrogen) atoms. The summed E-state index contributed by atoms with van der Waals surface area (Å²) in [5, 5.41) is 10.8. The number of hydrogen-bond acceptors (Lipinski definition) is 5. The summed E-state index contributed by atoms with van der Waals surface area (Å²) in [7, 11) is 1.35. The SMILES string of the molecule is COC(C)=O.Nc1cc(C(F)(F)F)ccc1C=CNCC(=O)O. The van der Waals surface area contributed by atoms with Gasteiger partial charge in [0.15, 0.2) is 0 Å². The molecule has 4 N–H and O–H groups in total. The van der Waals surface area contributed by atoms with E-state index in [2.05, 4.69) is 10.1 Å². The van der Waals surface area contributed by atoms with Crippen molar-refractivity contribution >= 4 is 23.7 Å². The van der Waals surface area contributed by atoms with Gasteiger partial charge in [-0.2, -0.15) is 13.2 Å². The number of rotatable bonds is 4. The molecule has 1 aromatic carbocycles. The van der Waals surface area contributed by atoms with Gasteiger partial charge in [-0.05, 0) is 30.0 Å². The fraction of sp³-hybridized carbons (Fsp3) is 0.286. The summed E-state index contributed by atoms with van der Waals surface area (Å²) in [4.78, 5) is 19.8. The number of alkyl halides is 3. The average Bonchev–Trinajstić information content (AvgIpc) is 2.44. The van der Waals surface area contributed by atoms with Gasteiger partial charge in [0.1, 0.15) is 6.54 Å². The first kappa shape index (κ1) is 20.3. The minimum absolute atomic E-state index is 0.0294. The number of anilines is 1. The van der Waals surface area contributed by atoms with Gasteiger partial charge in [-0.15, -0.1) is 0 Å².